The molecule has 0 spiro atoms. The van der Waals surface area contributed by atoms with E-state index in [1.165, 1.54) is 36.8 Å². The van der Waals surface area contributed by atoms with Gasteiger partial charge in [0.2, 0.25) is 0 Å². The average Bonchev–Trinajstić information content (AvgIpc) is 2.45. The molecule has 2 atom stereocenters. The van der Waals surface area contributed by atoms with Crippen molar-refractivity contribution in [3.63, 3.8) is 0 Å². The Balaban J connectivity index is 2.08. The van der Waals surface area contributed by atoms with Gasteiger partial charge in [0.1, 0.15) is 0 Å². The van der Waals surface area contributed by atoms with Gasteiger partial charge < -0.3 is 0 Å². The topological polar surface area (TPSA) is 0 Å². The van der Waals surface area contributed by atoms with Crippen LogP contribution in [0.2, 0.25) is 0 Å². The Bertz CT molecular complexity index is 345. The molecule has 1 heteroatoms. The minimum atomic E-state index is 0.516. The maximum absolute atomic E-state index is 3.74. The van der Waals surface area contributed by atoms with Crippen molar-refractivity contribution in [2.75, 3.05) is 0 Å². The van der Waals surface area contributed by atoms with Crippen molar-refractivity contribution in [2.24, 2.45) is 5.41 Å². The van der Waals surface area contributed by atoms with E-state index >= 15 is 0 Å². The highest BCUT2D eigenvalue weighted by atomic mass is 79.9. The van der Waals surface area contributed by atoms with Gasteiger partial charge in [-0.1, -0.05) is 52.7 Å². The molecule has 1 aliphatic rings. The van der Waals surface area contributed by atoms with Crippen LogP contribution in [0.1, 0.15) is 37.3 Å². The summed E-state index contributed by atoms with van der Waals surface area (Å²) in [6.07, 6.45) is 5.25. The van der Waals surface area contributed by atoms with E-state index < -0.39 is 0 Å². The van der Waals surface area contributed by atoms with Crippen LogP contribution < -0.4 is 0 Å². The zero-order valence-electron chi connectivity index (χ0n) is 9.59. The molecule has 1 fully saturated rings. The molecule has 0 radical (unpaired) electrons. The summed E-state index contributed by atoms with van der Waals surface area (Å²) in [6, 6.07) is 8.94. The molecular weight excluding hydrogens is 248 g/mol. The highest BCUT2D eigenvalue weighted by molar-refractivity contribution is 9.09. The summed E-state index contributed by atoms with van der Waals surface area (Å²) in [5.74, 6) is 0. The van der Waals surface area contributed by atoms with Gasteiger partial charge in [0.15, 0.2) is 0 Å². The van der Waals surface area contributed by atoms with Gasteiger partial charge in [-0.3, -0.25) is 0 Å². The van der Waals surface area contributed by atoms with Gasteiger partial charge >= 0.3 is 0 Å². The summed E-state index contributed by atoms with van der Waals surface area (Å²) in [4.78, 5) is 0.743. The molecule has 0 nitrogen and oxygen atoms in total. The second-order valence-electron chi connectivity index (χ2n) is 5.32. The molecule has 0 bridgehead atoms. The minimum Gasteiger partial charge on any atom is -0.0890 e. The summed E-state index contributed by atoms with van der Waals surface area (Å²) in [5, 5.41) is 0. The first-order valence-electron chi connectivity index (χ1n) is 5.77. The molecule has 2 rings (SSSR count). The third-order valence-corrected chi connectivity index (χ3v) is 4.27. The molecule has 82 valence electrons. The molecule has 1 aromatic carbocycles. The van der Waals surface area contributed by atoms with Crippen LogP contribution in [0, 0.1) is 12.3 Å². The highest BCUT2D eigenvalue weighted by Gasteiger charge is 2.33. The molecule has 0 aliphatic heterocycles. The number of alkyl halides is 1. The number of aryl methyl sites for hydroxylation is 1. The third kappa shape index (κ3) is 2.84. The lowest BCUT2D eigenvalue weighted by molar-refractivity contribution is 0.336. The molecule has 2 unspecified atom stereocenters. The van der Waals surface area contributed by atoms with Crippen molar-refractivity contribution < 1.29 is 0 Å². The van der Waals surface area contributed by atoms with Crippen molar-refractivity contribution in [3.8, 4) is 0 Å². The fourth-order valence-corrected chi connectivity index (χ4v) is 3.73. The maximum Gasteiger partial charge on any atom is 0.0151 e. The summed E-state index contributed by atoms with van der Waals surface area (Å²) >= 11 is 3.74. The van der Waals surface area contributed by atoms with Gasteiger partial charge in [-0.05, 0) is 43.6 Å². The first-order chi connectivity index (χ1) is 7.07. The quantitative estimate of drug-likeness (QED) is 0.692. The number of benzene rings is 1. The zero-order chi connectivity index (χ0) is 10.9. The van der Waals surface area contributed by atoms with Crippen LogP contribution in [-0.4, -0.2) is 4.83 Å². The van der Waals surface area contributed by atoms with Crippen LogP contribution in [0.25, 0.3) is 0 Å². The summed E-state index contributed by atoms with van der Waals surface area (Å²) in [5.41, 5.74) is 3.39. The van der Waals surface area contributed by atoms with Crippen LogP contribution in [0.5, 0.6) is 0 Å². The molecule has 15 heavy (non-hydrogen) atoms. The zero-order valence-corrected chi connectivity index (χ0v) is 11.2. The Labute approximate surface area is 101 Å². The first-order valence-corrected chi connectivity index (χ1v) is 6.69. The molecule has 0 N–H and O–H groups in total. The molecule has 1 saturated carbocycles. The van der Waals surface area contributed by atoms with Crippen LogP contribution in [0.4, 0.5) is 0 Å². The Morgan fingerprint density at radius 3 is 2.87 bits per heavy atom. The van der Waals surface area contributed by atoms with Gasteiger partial charge in [0.25, 0.3) is 0 Å². The number of rotatable bonds is 2. The Morgan fingerprint density at radius 1 is 1.47 bits per heavy atom. The van der Waals surface area contributed by atoms with Gasteiger partial charge in [-0.25, -0.2) is 0 Å². The fraction of sp³-hybridized carbons (Fsp3) is 0.571. The smallest absolute Gasteiger partial charge is 0.0151 e. The minimum absolute atomic E-state index is 0.516. The summed E-state index contributed by atoms with van der Waals surface area (Å²) < 4.78 is 0. The average molecular weight is 267 g/mol. The second kappa shape index (κ2) is 4.29. The molecule has 1 aromatic rings. The molecule has 1 aliphatic carbocycles. The largest absolute Gasteiger partial charge is 0.0890 e. The number of hydrogen-bond acceptors (Lipinski definition) is 0. The lowest BCUT2D eigenvalue weighted by atomic mass is 9.82. The lowest BCUT2D eigenvalue weighted by Crippen LogP contribution is -2.15. The second-order valence-corrected chi connectivity index (χ2v) is 6.61. The fourth-order valence-electron chi connectivity index (χ4n) is 2.72. The molecule has 0 amide bonds. The normalized spacial score (nSPS) is 30.7. The van der Waals surface area contributed by atoms with Crippen molar-refractivity contribution in [1.29, 1.82) is 0 Å². The van der Waals surface area contributed by atoms with E-state index in [4.69, 9.17) is 0 Å². The van der Waals surface area contributed by atoms with Gasteiger partial charge in [-0.15, -0.1) is 0 Å². The number of halogens is 1. The van der Waals surface area contributed by atoms with E-state index in [-0.39, 0.29) is 0 Å². The van der Waals surface area contributed by atoms with Crippen molar-refractivity contribution in [1.82, 2.24) is 0 Å². The number of hydrogen-bond donors (Lipinski definition) is 0. The van der Waals surface area contributed by atoms with Crippen LogP contribution in [0.3, 0.4) is 0 Å². The van der Waals surface area contributed by atoms with Gasteiger partial charge in [0, 0.05) is 4.83 Å². The predicted molar refractivity (Wildman–Crippen MR) is 69.6 cm³/mol. The highest BCUT2D eigenvalue weighted by Crippen LogP contribution is 2.43. The summed E-state index contributed by atoms with van der Waals surface area (Å²) in [7, 11) is 0. The third-order valence-electron chi connectivity index (χ3n) is 3.49. The van der Waals surface area contributed by atoms with Crippen LogP contribution >= 0.6 is 15.9 Å². The van der Waals surface area contributed by atoms with E-state index in [0.717, 1.165) is 4.83 Å². The predicted octanol–water partition coefficient (Wildman–Crippen LogP) is 4.49. The Morgan fingerprint density at radius 2 is 2.27 bits per heavy atom. The molecule has 0 aromatic heterocycles. The lowest BCUT2D eigenvalue weighted by Gasteiger charge is -2.23. The first kappa shape index (κ1) is 11.2. The van der Waals surface area contributed by atoms with Gasteiger partial charge in [0.05, 0.1) is 0 Å². The SMILES string of the molecule is Cc1cccc(CC2(C)CCC(Br)C2)c1. The van der Waals surface area contributed by atoms with E-state index in [2.05, 4.69) is 54.0 Å². The Kier molecular flexibility index (Phi) is 3.20. The van der Waals surface area contributed by atoms with Crippen molar-refractivity contribution in [3.05, 3.63) is 35.4 Å². The van der Waals surface area contributed by atoms with E-state index in [9.17, 15) is 0 Å². The Hall–Kier alpha value is -0.300. The van der Waals surface area contributed by atoms with Crippen molar-refractivity contribution >= 4 is 15.9 Å². The van der Waals surface area contributed by atoms with E-state index in [0.29, 0.717) is 5.41 Å². The van der Waals surface area contributed by atoms with Crippen LogP contribution in [-0.2, 0) is 6.42 Å². The standard InChI is InChI=1S/C14H19Br/c1-11-4-3-5-12(8-11)9-14(2)7-6-13(15)10-14/h3-5,8,13H,6-7,9-10H2,1-2H3. The van der Waals surface area contributed by atoms with Crippen molar-refractivity contribution in [2.45, 2.75) is 44.4 Å². The monoisotopic (exact) mass is 266 g/mol. The summed E-state index contributed by atoms with van der Waals surface area (Å²) in [6.45, 7) is 4.60. The molecular formula is C14H19Br. The van der Waals surface area contributed by atoms with E-state index in [1.807, 2.05) is 0 Å². The van der Waals surface area contributed by atoms with E-state index in [1.54, 1.807) is 0 Å². The molecule has 0 heterocycles. The van der Waals surface area contributed by atoms with Crippen LogP contribution in [0.15, 0.2) is 24.3 Å². The van der Waals surface area contributed by atoms with Gasteiger partial charge in [-0.2, -0.15) is 0 Å². The molecule has 0 saturated heterocycles. The maximum atomic E-state index is 3.74.